The van der Waals surface area contributed by atoms with Crippen molar-refractivity contribution in [1.82, 2.24) is 4.90 Å². The lowest BCUT2D eigenvalue weighted by Gasteiger charge is -2.22. The summed E-state index contributed by atoms with van der Waals surface area (Å²) in [6.07, 6.45) is 0.503. The second-order valence-corrected chi connectivity index (χ2v) is 6.50. The Morgan fingerprint density at radius 1 is 1.33 bits per heavy atom. The number of aliphatic hydroxyl groups is 1. The van der Waals surface area contributed by atoms with E-state index in [4.69, 9.17) is 4.84 Å². The van der Waals surface area contributed by atoms with Crippen LogP contribution in [0.3, 0.4) is 0 Å². The Kier molecular flexibility index (Phi) is 5.53. The van der Waals surface area contributed by atoms with Gasteiger partial charge in [-0.15, -0.1) is 0 Å². The Balaban J connectivity index is 1.86. The van der Waals surface area contributed by atoms with Gasteiger partial charge in [-0.05, 0) is 35.7 Å². The molecule has 1 amide bonds. The van der Waals surface area contributed by atoms with Crippen LogP contribution in [0.15, 0.2) is 47.6 Å². The number of carbonyl (C=O) groups excluding carboxylic acids is 1. The van der Waals surface area contributed by atoms with Crippen LogP contribution in [-0.2, 0) is 4.84 Å². The van der Waals surface area contributed by atoms with E-state index < -0.39 is 0 Å². The fourth-order valence-electron chi connectivity index (χ4n) is 3.38. The first-order valence-electron chi connectivity index (χ1n) is 8.70. The van der Waals surface area contributed by atoms with Crippen LogP contribution in [-0.4, -0.2) is 47.9 Å². The minimum atomic E-state index is -0.298. The van der Waals surface area contributed by atoms with E-state index in [2.05, 4.69) is 11.2 Å². The van der Waals surface area contributed by atoms with E-state index in [1.165, 1.54) is 7.11 Å². The molecule has 0 radical (unpaired) electrons. The summed E-state index contributed by atoms with van der Waals surface area (Å²) in [5.41, 5.74) is 4.55. The number of benzene rings is 2. The number of aliphatic hydroxyl groups excluding tert-OH is 1. The van der Waals surface area contributed by atoms with Crippen molar-refractivity contribution >= 4 is 11.6 Å². The Hall–Kier alpha value is -3.17. The van der Waals surface area contributed by atoms with Crippen molar-refractivity contribution in [1.29, 1.82) is 5.26 Å². The van der Waals surface area contributed by atoms with Gasteiger partial charge in [-0.1, -0.05) is 35.5 Å². The molecule has 1 heterocycles. The fourth-order valence-corrected chi connectivity index (χ4v) is 3.38. The van der Waals surface area contributed by atoms with Crippen LogP contribution >= 0.6 is 0 Å². The number of aryl methyl sites for hydroxylation is 1. The smallest absolute Gasteiger partial charge is 0.254 e. The largest absolute Gasteiger partial charge is 0.399 e. The van der Waals surface area contributed by atoms with Gasteiger partial charge >= 0.3 is 0 Å². The number of amides is 1. The predicted molar refractivity (Wildman–Crippen MR) is 102 cm³/mol. The SMILES string of the molecule is CO/N=C1\CC(CO)N(C(=O)c2ccc(-c3cccc(C)c3C#N)cc2)C1. The molecule has 1 aliphatic rings. The van der Waals surface area contributed by atoms with Gasteiger partial charge in [0.1, 0.15) is 13.2 Å². The second-order valence-electron chi connectivity index (χ2n) is 6.50. The number of nitriles is 1. The van der Waals surface area contributed by atoms with Crippen molar-refractivity contribution in [2.45, 2.75) is 19.4 Å². The number of nitrogens with zero attached hydrogens (tertiary/aromatic N) is 3. The molecule has 0 spiro atoms. The molecule has 0 aromatic heterocycles. The maximum Gasteiger partial charge on any atom is 0.254 e. The molecule has 1 N–H and O–H groups in total. The van der Waals surface area contributed by atoms with Crippen molar-refractivity contribution in [3.63, 3.8) is 0 Å². The lowest BCUT2D eigenvalue weighted by Crippen LogP contribution is -2.37. The van der Waals surface area contributed by atoms with Gasteiger partial charge < -0.3 is 14.8 Å². The molecule has 0 bridgehead atoms. The zero-order valence-electron chi connectivity index (χ0n) is 15.3. The van der Waals surface area contributed by atoms with Crippen LogP contribution in [0.4, 0.5) is 0 Å². The van der Waals surface area contributed by atoms with Gasteiger partial charge in [-0.3, -0.25) is 4.79 Å². The lowest BCUT2D eigenvalue weighted by molar-refractivity contribution is 0.0680. The van der Waals surface area contributed by atoms with Crippen LogP contribution < -0.4 is 0 Å². The first-order chi connectivity index (χ1) is 13.1. The molecule has 3 rings (SSSR count). The number of hydrogen-bond donors (Lipinski definition) is 1. The van der Waals surface area contributed by atoms with Gasteiger partial charge in [0.15, 0.2) is 0 Å². The van der Waals surface area contributed by atoms with E-state index in [1.807, 2.05) is 37.3 Å². The van der Waals surface area contributed by atoms with Gasteiger partial charge in [-0.2, -0.15) is 5.26 Å². The van der Waals surface area contributed by atoms with Crippen molar-refractivity contribution in [2.24, 2.45) is 5.16 Å². The van der Waals surface area contributed by atoms with E-state index in [-0.39, 0.29) is 18.6 Å². The van der Waals surface area contributed by atoms with Crippen molar-refractivity contribution in [3.05, 3.63) is 59.2 Å². The van der Waals surface area contributed by atoms with Gasteiger partial charge in [0.2, 0.25) is 0 Å². The van der Waals surface area contributed by atoms with Gasteiger partial charge in [0.25, 0.3) is 5.91 Å². The third-order valence-electron chi connectivity index (χ3n) is 4.78. The monoisotopic (exact) mass is 363 g/mol. The molecular formula is C21H21N3O3. The Bertz CT molecular complexity index is 913. The van der Waals surface area contributed by atoms with Crippen LogP contribution in [0, 0.1) is 18.3 Å². The second kappa shape index (κ2) is 8.02. The summed E-state index contributed by atoms with van der Waals surface area (Å²) in [5.74, 6) is -0.161. The zero-order chi connectivity index (χ0) is 19.4. The molecule has 1 unspecified atom stereocenters. The molecule has 1 saturated heterocycles. The minimum Gasteiger partial charge on any atom is -0.399 e. The molecule has 0 aliphatic carbocycles. The third kappa shape index (κ3) is 3.69. The summed E-state index contributed by atoms with van der Waals surface area (Å²) in [4.78, 5) is 19.3. The third-order valence-corrected chi connectivity index (χ3v) is 4.78. The molecule has 6 nitrogen and oxygen atoms in total. The van der Waals surface area contributed by atoms with Crippen molar-refractivity contribution in [3.8, 4) is 17.2 Å². The number of likely N-dealkylation sites (tertiary alicyclic amines) is 1. The van der Waals surface area contributed by atoms with Crippen LogP contribution in [0.1, 0.15) is 27.9 Å². The molecule has 0 saturated carbocycles. The molecular weight excluding hydrogens is 342 g/mol. The molecule has 1 fully saturated rings. The van der Waals surface area contributed by atoms with E-state index in [0.717, 1.165) is 22.4 Å². The van der Waals surface area contributed by atoms with Crippen LogP contribution in [0.25, 0.3) is 11.1 Å². The maximum absolute atomic E-state index is 12.9. The summed E-state index contributed by atoms with van der Waals surface area (Å²) in [7, 11) is 1.46. The average Bonchev–Trinajstić information content (AvgIpc) is 3.10. The Labute approximate surface area is 158 Å². The summed E-state index contributed by atoms with van der Waals surface area (Å²) < 4.78 is 0. The highest BCUT2D eigenvalue weighted by molar-refractivity contribution is 6.00. The Morgan fingerprint density at radius 2 is 2.07 bits per heavy atom. The lowest BCUT2D eigenvalue weighted by atomic mass is 9.96. The summed E-state index contributed by atoms with van der Waals surface area (Å²) >= 11 is 0. The average molecular weight is 363 g/mol. The predicted octanol–water partition coefficient (Wildman–Crippen LogP) is 2.74. The number of rotatable bonds is 4. The fraction of sp³-hybridized carbons (Fsp3) is 0.286. The molecule has 1 atom stereocenters. The molecule has 138 valence electrons. The number of carbonyl (C=O) groups is 1. The minimum absolute atomic E-state index is 0.124. The number of oxime groups is 1. The first kappa shape index (κ1) is 18.6. The first-order valence-corrected chi connectivity index (χ1v) is 8.70. The standard InChI is InChI=1S/C21H21N3O3/c1-14-4-3-5-19(20(14)11-22)15-6-8-16(9-7-15)21(26)24-12-17(23-27-2)10-18(24)13-25/h3-9,18,25H,10,12-13H2,1-2H3/b23-17+. The summed E-state index contributed by atoms with van der Waals surface area (Å²) in [5, 5.41) is 22.9. The van der Waals surface area contributed by atoms with E-state index in [1.54, 1.807) is 17.0 Å². The molecule has 27 heavy (non-hydrogen) atoms. The number of hydrogen-bond acceptors (Lipinski definition) is 5. The van der Waals surface area contributed by atoms with E-state index in [0.29, 0.717) is 24.1 Å². The quantitative estimate of drug-likeness (QED) is 0.847. The normalized spacial score (nSPS) is 17.8. The summed E-state index contributed by atoms with van der Waals surface area (Å²) in [6, 6.07) is 14.9. The molecule has 1 aliphatic heterocycles. The highest BCUT2D eigenvalue weighted by atomic mass is 16.6. The van der Waals surface area contributed by atoms with Crippen LogP contribution in [0.5, 0.6) is 0 Å². The van der Waals surface area contributed by atoms with Crippen molar-refractivity contribution < 1.29 is 14.7 Å². The highest BCUT2D eigenvalue weighted by Gasteiger charge is 2.33. The van der Waals surface area contributed by atoms with E-state index in [9.17, 15) is 15.2 Å². The summed E-state index contributed by atoms with van der Waals surface area (Å²) in [6.45, 7) is 2.12. The van der Waals surface area contributed by atoms with Gasteiger partial charge in [-0.25, -0.2) is 0 Å². The highest BCUT2D eigenvalue weighted by Crippen LogP contribution is 2.27. The van der Waals surface area contributed by atoms with Crippen LogP contribution in [0.2, 0.25) is 0 Å². The van der Waals surface area contributed by atoms with Gasteiger partial charge in [0.05, 0.1) is 30.5 Å². The van der Waals surface area contributed by atoms with Gasteiger partial charge in [0, 0.05) is 12.0 Å². The topological polar surface area (TPSA) is 85.9 Å². The molecule has 2 aromatic rings. The Morgan fingerprint density at radius 3 is 2.70 bits per heavy atom. The molecule has 6 heteroatoms. The zero-order valence-corrected chi connectivity index (χ0v) is 15.3. The maximum atomic E-state index is 12.9. The van der Waals surface area contributed by atoms with Crippen molar-refractivity contribution in [2.75, 3.05) is 20.3 Å². The molecule has 2 aromatic carbocycles. The van der Waals surface area contributed by atoms with E-state index >= 15 is 0 Å².